The molecule has 1 unspecified atom stereocenters. The van der Waals surface area contributed by atoms with Crippen LogP contribution in [0.1, 0.15) is 36.8 Å². The van der Waals surface area contributed by atoms with Gasteiger partial charge in [-0.2, -0.15) is 0 Å². The Labute approximate surface area is 185 Å². The normalized spacial score (nSPS) is 22.3. The van der Waals surface area contributed by atoms with Crippen molar-refractivity contribution < 1.29 is 13.5 Å². The lowest BCUT2D eigenvalue weighted by Crippen LogP contribution is -2.45. The lowest BCUT2D eigenvalue weighted by Gasteiger charge is -2.41. The van der Waals surface area contributed by atoms with E-state index in [2.05, 4.69) is 45.4 Å². The zero-order chi connectivity index (χ0) is 21.7. The van der Waals surface area contributed by atoms with E-state index in [0.717, 1.165) is 49.1 Å². The van der Waals surface area contributed by atoms with Crippen molar-refractivity contribution in [1.82, 2.24) is 15.0 Å². The van der Waals surface area contributed by atoms with Gasteiger partial charge in [-0.15, -0.1) is 0 Å². The maximum atomic E-state index is 11.3. The molecule has 164 valence electrons. The van der Waals surface area contributed by atoms with Crippen LogP contribution < -0.4 is 14.8 Å². The van der Waals surface area contributed by atoms with Crippen molar-refractivity contribution in [2.24, 2.45) is 0 Å². The van der Waals surface area contributed by atoms with Crippen LogP contribution in [0, 0.1) is 0 Å². The minimum absolute atomic E-state index is 0.186. The molecule has 31 heavy (non-hydrogen) atoms. The Morgan fingerprint density at radius 1 is 1.16 bits per heavy atom. The first-order chi connectivity index (χ1) is 15.1. The van der Waals surface area contributed by atoms with Crippen LogP contribution in [0.25, 0.3) is 10.9 Å². The predicted octanol–water partition coefficient (Wildman–Crippen LogP) is 3.94. The molecule has 7 heteroatoms. The Balaban J connectivity index is 1.45. The summed E-state index contributed by atoms with van der Waals surface area (Å²) in [5, 5.41) is 4.91. The molecule has 1 fully saturated rings. The first-order valence-corrected chi connectivity index (χ1v) is 11.8. The van der Waals surface area contributed by atoms with Gasteiger partial charge in [0.15, 0.2) is 0 Å². The number of pyridine rings is 1. The van der Waals surface area contributed by atoms with E-state index in [0.29, 0.717) is 12.6 Å². The highest BCUT2D eigenvalue weighted by atomic mass is 32.2. The van der Waals surface area contributed by atoms with Crippen molar-refractivity contribution in [3.63, 3.8) is 0 Å². The molecule has 0 aliphatic heterocycles. The van der Waals surface area contributed by atoms with Crippen molar-refractivity contribution in [3.05, 3.63) is 71.9 Å². The van der Waals surface area contributed by atoms with Gasteiger partial charge in [-0.05, 0) is 61.1 Å². The molecule has 0 spiro atoms. The molecule has 0 bridgehead atoms. The fraction of sp³-hybridized carbons (Fsp3) is 0.375. The fourth-order valence-corrected chi connectivity index (χ4v) is 5.06. The van der Waals surface area contributed by atoms with Crippen LogP contribution in [0.15, 0.2) is 60.8 Å². The lowest BCUT2D eigenvalue weighted by atomic mass is 9.68. The van der Waals surface area contributed by atoms with Gasteiger partial charge in [-0.25, -0.2) is 8.93 Å². The van der Waals surface area contributed by atoms with Crippen molar-refractivity contribution in [2.45, 2.75) is 43.7 Å². The molecule has 6 nitrogen and oxygen atoms in total. The van der Waals surface area contributed by atoms with Gasteiger partial charge in [0.05, 0.1) is 12.6 Å². The largest absolute Gasteiger partial charge is 0.497 e. The quantitative estimate of drug-likeness (QED) is 0.463. The maximum Gasteiger partial charge on any atom is 0.231 e. The van der Waals surface area contributed by atoms with Gasteiger partial charge in [-0.3, -0.25) is 9.54 Å². The average Bonchev–Trinajstić information content (AvgIpc) is 2.82. The molecular weight excluding hydrogens is 410 g/mol. The molecule has 1 aromatic heterocycles. The van der Waals surface area contributed by atoms with Crippen LogP contribution in [0.5, 0.6) is 5.75 Å². The third-order valence-corrected chi connectivity index (χ3v) is 6.87. The zero-order valence-electron chi connectivity index (χ0n) is 17.7. The second-order valence-corrected chi connectivity index (χ2v) is 9.01. The lowest BCUT2D eigenvalue weighted by molar-refractivity contribution is 0.245. The van der Waals surface area contributed by atoms with Crippen LogP contribution >= 0.6 is 0 Å². The molecule has 1 saturated carbocycles. The summed E-state index contributed by atoms with van der Waals surface area (Å²) in [5.41, 5.74) is 3.25. The van der Waals surface area contributed by atoms with Crippen molar-refractivity contribution in [1.29, 1.82) is 0 Å². The molecule has 1 heterocycles. The number of ether oxygens (including phenoxy) is 1. The predicted molar refractivity (Wildman–Crippen MR) is 124 cm³/mol. The number of hydrogen-bond acceptors (Lipinski definition) is 4. The third-order valence-electron chi connectivity index (χ3n) is 6.48. The van der Waals surface area contributed by atoms with Crippen LogP contribution in [0.3, 0.4) is 0 Å². The van der Waals surface area contributed by atoms with E-state index in [1.54, 1.807) is 7.11 Å². The maximum absolute atomic E-state index is 11.3. The Kier molecular flexibility index (Phi) is 6.97. The zero-order valence-corrected chi connectivity index (χ0v) is 18.5. The number of rotatable bonds is 8. The molecule has 3 aromatic rings. The van der Waals surface area contributed by atoms with E-state index in [9.17, 15) is 8.76 Å². The molecule has 2 aromatic carbocycles. The summed E-state index contributed by atoms with van der Waals surface area (Å²) >= 11 is -2.03. The minimum atomic E-state index is -2.03. The molecule has 0 amide bonds. The summed E-state index contributed by atoms with van der Waals surface area (Å²) < 4.78 is 28.8. The van der Waals surface area contributed by atoms with E-state index < -0.39 is 11.3 Å². The summed E-state index contributed by atoms with van der Waals surface area (Å²) in [6, 6.07) is 18.8. The Morgan fingerprint density at radius 2 is 1.97 bits per heavy atom. The Bertz CT molecular complexity index is 1050. The van der Waals surface area contributed by atoms with E-state index in [1.165, 1.54) is 10.9 Å². The number of para-hydroxylation sites is 1. The summed E-state index contributed by atoms with van der Waals surface area (Å²) in [4.78, 5) is 4.45. The number of hydrogen-bond donors (Lipinski definition) is 3. The number of aromatic nitrogens is 1. The van der Waals surface area contributed by atoms with Gasteiger partial charge in [0.2, 0.25) is 11.3 Å². The van der Waals surface area contributed by atoms with Crippen LogP contribution in [0.2, 0.25) is 0 Å². The van der Waals surface area contributed by atoms with E-state index in [4.69, 9.17) is 4.74 Å². The molecule has 1 atom stereocenters. The second-order valence-electron chi connectivity index (χ2n) is 8.22. The minimum Gasteiger partial charge on any atom is -0.497 e. The van der Waals surface area contributed by atoms with Crippen LogP contribution in [-0.4, -0.2) is 33.4 Å². The first-order valence-electron chi connectivity index (χ1n) is 10.6. The van der Waals surface area contributed by atoms with Gasteiger partial charge < -0.3 is 10.1 Å². The number of methoxy groups -OCH3 is 1. The Morgan fingerprint density at radius 3 is 2.74 bits per heavy atom. The molecule has 4 rings (SSSR count). The summed E-state index contributed by atoms with van der Waals surface area (Å²) in [6.07, 6.45) is 5.73. The van der Waals surface area contributed by atoms with Crippen LogP contribution in [-0.2, 0) is 23.2 Å². The molecule has 1 aliphatic carbocycles. The van der Waals surface area contributed by atoms with Gasteiger partial charge in [0.1, 0.15) is 5.75 Å². The van der Waals surface area contributed by atoms with Gasteiger partial charge >= 0.3 is 0 Å². The monoisotopic (exact) mass is 439 g/mol. The smallest absolute Gasteiger partial charge is 0.231 e. The SMILES string of the molecule is COc1cccc(C2(CNS(=O)O)CCC(NCc3ccnc4ccccc34)CC2)c1. The van der Waals surface area contributed by atoms with Gasteiger partial charge in [0, 0.05) is 36.1 Å². The van der Waals surface area contributed by atoms with E-state index in [-0.39, 0.29) is 5.41 Å². The highest BCUT2D eigenvalue weighted by molar-refractivity contribution is 7.77. The highest BCUT2D eigenvalue weighted by Crippen LogP contribution is 2.40. The number of benzene rings is 2. The number of nitrogens with zero attached hydrogens (tertiary/aromatic N) is 1. The summed E-state index contributed by atoms with van der Waals surface area (Å²) in [6.45, 7) is 1.27. The molecule has 0 radical (unpaired) electrons. The Hall–Kier alpha value is -2.32. The van der Waals surface area contributed by atoms with Gasteiger partial charge in [-0.1, -0.05) is 30.3 Å². The van der Waals surface area contributed by atoms with Crippen LogP contribution in [0.4, 0.5) is 0 Å². The van der Waals surface area contributed by atoms with Crippen molar-refractivity contribution in [3.8, 4) is 5.75 Å². The topological polar surface area (TPSA) is 83.5 Å². The molecule has 1 aliphatic rings. The number of fused-ring (bicyclic) bond motifs is 1. The number of nitrogens with one attached hydrogen (secondary N) is 2. The standard InChI is InChI=1S/C24H29N3O3S/c1-30-21-6-4-5-19(15-21)24(17-27-31(28)29)12-9-20(10-13-24)26-16-18-11-14-25-23-8-3-2-7-22(18)23/h2-8,11,14-15,20,26-27H,9-10,12-13,16-17H2,1H3,(H,28,29). The van der Waals surface area contributed by atoms with Crippen molar-refractivity contribution >= 4 is 22.2 Å². The van der Waals surface area contributed by atoms with E-state index in [1.807, 2.05) is 30.5 Å². The van der Waals surface area contributed by atoms with Crippen molar-refractivity contribution in [2.75, 3.05) is 13.7 Å². The fourth-order valence-electron chi connectivity index (χ4n) is 4.66. The summed E-state index contributed by atoms with van der Waals surface area (Å²) in [7, 11) is 1.66. The van der Waals surface area contributed by atoms with E-state index >= 15 is 0 Å². The third kappa shape index (κ3) is 5.13. The average molecular weight is 440 g/mol. The summed E-state index contributed by atoms with van der Waals surface area (Å²) in [5.74, 6) is 0.812. The molecular formula is C24H29N3O3S. The molecule has 0 saturated heterocycles. The molecule has 3 N–H and O–H groups in total. The first kappa shape index (κ1) is 21.9. The van der Waals surface area contributed by atoms with Gasteiger partial charge in [0.25, 0.3) is 0 Å². The highest BCUT2D eigenvalue weighted by Gasteiger charge is 2.37. The second kappa shape index (κ2) is 9.87.